The fourth-order valence-electron chi connectivity index (χ4n) is 1.89. The van der Waals surface area contributed by atoms with E-state index in [2.05, 4.69) is 22.2 Å². The Morgan fingerprint density at radius 1 is 1.45 bits per heavy atom. The van der Waals surface area contributed by atoms with Crippen molar-refractivity contribution in [2.24, 2.45) is 0 Å². The number of thiazole rings is 1. The maximum absolute atomic E-state index is 11.1. The highest BCUT2D eigenvalue weighted by Crippen LogP contribution is 2.24. The van der Waals surface area contributed by atoms with Crippen LogP contribution in [0.25, 0.3) is 0 Å². The van der Waals surface area contributed by atoms with Gasteiger partial charge in [0, 0.05) is 17.3 Å². The van der Waals surface area contributed by atoms with Crippen molar-refractivity contribution >= 4 is 23.1 Å². The van der Waals surface area contributed by atoms with Gasteiger partial charge < -0.3 is 10.4 Å². The van der Waals surface area contributed by atoms with Gasteiger partial charge in [0.1, 0.15) is 10.8 Å². The Morgan fingerprint density at radius 2 is 2.25 bits per heavy atom. The van der Waals surface area contributed by atoms with Crippen molar-refractivity contribution in [1.82, 2.24) is 9.97 Å². The molecule has 0 fully saturated rings. The minimum atomic E-state index is -0.938. The zero-order valence-corrected chi connectivity index (χ0v) is 12.3. The van der Waals surface area contributed by atoms with Crippen LogP contribution in [0, 0.1) is 0 Å². The van der Waals surface area contributed by atoms with E-state index in [-0.39, 0.29) is 11.6 Å². The molecule has 0 aliphatic heterocycles. The summed E-state index contributed by atoms with van der Waals surface area (Å²) in [4.78, 5) is 19.9. The molecule has 2 aromatic rings. The van der Waals surface area contributed by atoms with Crippen LogP contribution >= 0.6 is 11.3 Å². The summed E-state index contributed by atoms with van der Waals surface area (Å²) in [6.07, 6.45) is 3.32. The van der Waals surface area contributed by atoms with E-state index >= 15 is 0 Å². The maximum Gasteiger partial charge on any atom is 0.335 e. The molecule has 0 radical (unpaired) electrons. The monoisotopic (exact) mass is 291 g/mol. The van der Waals surface area contributed by atoms with E-state index in [1.807, 2.05) is 12.3 Å². The predicted octanol–water partition coefficient (Wildman–Crippen LogP) is 3.36. The lowest BCUT2D eigenvalue weighted by atomic mass is 10.2. The second-order valence-corrected chi connectivity index (χ2v) is 5.29. The minimum absolute atomic E-state index is 0.0521. The molecule has 5 nitrogen and oxygen atoms in total. The predicted molar refractivity (Wildman–Crippen MR) is 79.3 cm³/mol. The molecule has 0 saturated heterocycles. The Bertz CT molecular complexity index is 584. The van der Waals surface area contributed by atoms with Crippen molar-refractivity contribution in [2.75, 3.05) is 5.32 Å². The number of anilines is 1. The number of hydrogen-bond acceptors (Lipinski definition) is 5. The maximum atomic E-state index is 11.1. The Hall–Kier alpha value is -1.95. The summed E-state index contributed by atoms with van der Waals surface area (Å²) in [5, 5.41) is 15.3. The van der Waals surface area contributed by atoms with Gasteiger partial charge in [0.25, 0.3) is 0 Å². The quantitative estimate of drug-likeness (QED) is 0.853. The molecule has 0 aliphatic rings. The van der Waals surface area contributed by atoms with Crippen molar-refractivity contribution in [3.05, 3.63) is 40.0 Å². The zero-order valence-electron chi connectivity index (χ0n) is 11.5. The number of nitrogens with one attached hydrogen (secondary N) is 1. The molecule has 1 atom stereocenters. The molecule has 0 spiro atoms. The highest BCUT2D eigenvalue weighted by atomic mass is 32.1. The van der Waals surface area contributed by atoms with E-state index < -0.39 is 5.97 Å². The number of aromatic nitrogens is 2. The van der Waals surface area contributed by atoms with Crippen LogP contribution in [-0.4, -0.2) is 21.0 Å². The standard InChI is InChI=1S/C14H17N3O2S/c1-3-10-7-9(14(18)19)8-12(16-10)17-11(4-2)13-15-5-6-20-13/h5-8,11H,3-4H2,1-2H3,(H,16,17)(H,18,19). The van der Waals surface area contributed by atoms with E-state index in [0.717, 1.165) is 17.1 Å². The molecule has 2 aromatic heterocycles. The van der Waals surface area contributed by atoms with Crippen LogP contribution in [0.3, 0.4) is 0 Å². The number of aryl methyl sites for hydroxylation is 1. The first-order valence-electron chi connectivity index (χ1n) is 6.54. The second-order valence-electron chi connectivity index (χ2n) is 4.37. The molecule has 2 rings (SSSR count). The first-order valence-corrected chi connectivity index (χ1v) is 7.42. The van der Waals surface area contributed by atoms with Gasteiger partial charge in [-0.15, -0.1) is 11.3 Å². The van der Waals surface area contributed by atoms with E-state index in [4.69, 9.17) is 5.11 Å². The van der Waals surface area contributed by atoms with Gasteiger partial charge >= 0.3 is 5.97 Å². The van der Waals surface area contributed by atoms with Gasteiger partial charge in [-0.05, 0) is 25.0 Å². The van der Waals surface area contributed by atoms with Crippen molar-refractivity contribution in [2.45, 2.75) is 32.7 Å². The summed E-state index contributed by atoms with van der Waals surface area (Å²) in [7, 11) is 0. The minimum Gasteiger partial charge on any atom is -0.478 e. The fourth-order valence-corrected chi connectivity index (χ4v) is 2.66. The van der Waals surface area contributed by atoms with Crippen LogP contribution in [0.5, 0.6) is 0 Å². The number of nitrogens with zero attached hydrogens (tertiary/aromatic N) is 2. The number of carboxylic acids is 1. The van der Waals surface area contributed by atoms with Gasteiger partial charge in [-0.3, -0.25) is 0 Å². The summed E-state index contributed by atoms with van der Waals surface area (Å²) in [5.74, 6) is -0.351. The van der Waals surface area contributed by atoms with Crippen LogP contribution in [0.1, 0.15) is 47.4 Å². The average Bonchev–Trinajstić information content (AvgIpc) is 2.98. The van der Waals surface area contributed by atoms with Crippen LogP contribution < -0.4 is 5.32 Å². The summed E-state index contributed by atoms with van der Waals surface area (Å²) in [6.45, 7) is 4.01. The van der Waals surface area contributed by atoms with Crippen molar-refractivity contribution in [3.63, 3.8) is 0 Å². The Labute approximate surface area is 121 Å². The molecular formula is C14H17N3O2S. The molecule has 0 aromatic carbocycles. The molecule has 106 valence electrons. The summed E-state index contributed by atoms with van der Waals surface area (Å²) < 4.78 is 0. The fraction of sp³-hybridized carbons (Fsp3) is 0.357. The Balaban J connectivity index is 2.27. The number of carbonyl (C=O) groups is 1. The van der Waals surface area contributed by atoms with Crippen molar-refractivity contribution in [1.29, 1.82) is 0 Å². The van der Waals surface area contributed by atoms with E-state index in [1.165, 1.54) is 0 Å². The smallest absolute Gasteiger partial charge is 0.335 e. The molecule has 6 heteroatoms. The molecular weight excluding hydrogens is 274 g/mol. The van der Waals surface area contributed by atoms with Crippen molar-refractivity contribution in [3.8, 4) is 0 Å². The molecule has 0 aliphatic carbocycles. The molecule has 2 N–H and O–H groups in total. The number of aromatic carboxylic acids is 1. The molecule has 0 amide bonds. The zero-order chi connectivity index (χ0) is 14.5. The lowest BCUT2D eigenvalue weighted by Crippen LogP contribution is -2.12. The third-order valence-electron chi connectivity index (χ3n) is 2.97. The SMILES string of the molecule is CCc1cc(C(=O)O)cc(NC(CC)c2nccs2)n1. The average molecular weight is 291 g/mol. The number of hydrogen-bond donors (Lipinski definition) is 2. The molecule has 20 heavy (non-hydrogen) atoms. The van der Waals surface area contributed by atoms with Crippen LogP contribution in [0.4, 0.5) is 5.82 Å². The van der Waals surface area contributed by atoms with Gasteiger partial charge in [0.2, 0.25) is 0 Å². The number of pyridine rings is 1. The highest BCUT2D eigenvalue weighted by Gasteiger charge is 2.14. The van der Waals surface area contributed by atoms with E-state index in [1.54, 1.807) is 29.7 Å². The first-order chi connectivity index (χ1) is 9.63. The topological polar surface area (TPSA) is 75.1 Å². The molecule has 1 unspecified atom stereocenters. The van der Waals surface area contributed by atoms with Gasteiger partial charge in [-0.2, -0.15) is 0 Å². The Morgan fingerprint density at radius 3 is 2.80 bits per heavy atom. The number of rotatable bonds is 6. The molecule has 2 heterocycles. The first kappa shape index (κ1) is 14.5. The van der Waals surface area contributed by atoms with Gasteiger partial charge in [0.15, 0.2) is 0 Å². The molecule has 0 bridgehead atoms. The van der Waals surface area contributed by atoms with Gasteiger partial charge in [-0.1, -0.05) is 13.8 Å². The second kappa shape index (κ2) is 6.47. The normalized spacial score (nSPS) is 12.1. The largest absolute Gasteiger partial charge is 0.478 e. The van der Waals surface area contributed by atoms with Crippen molar-refractivity contribution < 1.29 is 9.90 Å². The summed E-state index contributed by atoms with van der Waals surface area (Å²) in [6, 6.07) is 3.23. The lowest BCUT2D eigenvalue weighted by molar-refractivity contribution is 0.0696. The third kappa shape index (κ3) is 3.33. The number of carboxylic acid groups (broad SMARTS) is 1. The van der Waals surface area contributed by atoms with E-state index in [0.29, 0.717) is 12.2 Å². The summed E-state index contributed by atoms with van der Waals surface area (Å²) >= 11 is 1.58. The van der Waals surface area contributed by atoms with Crippen LogP contribution in [0.2, 0.25) is 0 Å². The molecule has 0 saturated carbocycles. The van der Waals surface area contributed by atoms with Gasteiger partial charge in [-0.25, -0.2) is 14.8 Å². The third-order valence-corrected chi connectivity index (χ3v) is 3.86. The summed E-state index contributed by atoms with van der Waals surface area (Å²) in [5.41, 5.74) is 1.02. The van der Waals surface area contributed by atoms with E-state index in [9.17, 15) is 4.79 Å². The Kier molecular flexibility index (Phi) is 4.68. The highest BCUT2D eigenvalue weighted by molar-refractivity contribution is 7.09. The van der Waals surface area contributed by atoms with Crippen LogP contribution in [0.15, 0.2) is 23.7 Å². The van der Waals surface area contributed by atoms with Crippen LogP contribution in [-0.2, 0) is 6.42 Å². The lowest BCUT2D eigenvalue weighted by Gasteiger charge is -2.16. The van der Waals surface area contributed by atoms with Gasteiger partial charge in [0.05, 0.1) is 11.6 Å².